The van der Waals surface area contributed by atoms with Gasteiger partial charge >= 0.3 is 0 Å². The number of fused-ring (bicyclic) bond motifs is 1. The third kappa shape index (κ3) is 3.23. The number of benzene rings is 2. The van der Waals surface area contributed by atoms with Crippen LogP contribution in [0.2, 0.25) is 0 Å². The van der Waals surface area contributed by atoms with E-state index in [1.165, 1.54) is 6.07 Å². The van der Waals surface area contributed by atoms with Crippen molar-refractivity contribution in [2.45, 2.75) is 6.54 Å². The Hall–Kier alpha value is -3.09. The first-order chi connectivity index (χ1) is 11.0. The molecule has 2 aromatic carbocycles. The molecule has 0 aliphatic rings. The van der Waals surface area contributed by atoms with E-state index in [4.69, 9.17) is 5.73 Å². The highest BCUT2D eigenvalue weighted by molar-refractivity contribution is 5.97. The first-order valence-electron chi connectivity index (χ1n) is 6.77. The molecule has 0 fully saturated rings. The molecule has 116 valence electrons. The fourth-order valence-electron chi connectivity index (χ4n) is 2.12. The summed E-state index contributed by atoms with van der Waals surface area (Å²) < 4.78 is 26.4. The van der Waals surface area contributed by atoms with Crippen molar-refractivity contribution in [2.75, 3.05) is 5.73 Å². The fraction of sp³-hybridized carbons (Fsp3) is 0.0625. The van der Waals surface area contributed by atoms with E-state index in [1.54, 1.807) is 24.4 Å². The van der Waals surface area contributed by atoms with Gasteiger partial charge in [-0.15, -0.1) is 0 Å². The summed E-state index contributed by atoms with van der Waals surface area (Å²) in [6.45, 7) is -0.0467. The van der Waals surface area contributed by atoms with Crippen LogP contribution >= 0.6 is 0 Å². The molecule has 0 saturated heterocycles. The molecule has 3 N–H and O–H groups in total. The lowest BCUT2D eigenvalue weighted by Gasteiger charge is -2.07. The van der Waals surface area contributed by atoms with Gasteiger partial charge in [0.2, 0.25) is 5.95 Å². The van der Waals surface area contributed by atoms with Crippen LogP contribution in [0.5, 0.6) is 0 Å². The normalized spacial score (nSPS) is 10.7. The van der Waals surface area contributed by atoms with Crippen molar-refractivity contribution in [2.24, 2.45) is 0 Å². The fourth-order valence-corrected chi connectivity index (χ4v) is 2.12. The van der Waals surface area contributed by atoms with Gasteiger partial charge in [-0.25, -0.2) is 18.7 Å². The molecule has 7 heteroatoms. The molecule has 1 heterocycles. The van der Waals surface area contributed by atoms with E-state index in [-0.39, 0.29) is 18.1 Å². The molecule has 0 unspecified atom stereocenters. The van der Waals surface area contributed by atoms with E-state index in [0.717, 1.165) is 17.5 Å². The highest BCUT2D eigenvalue weighted by Gasteiger charge is 2.09. The van der Waals surface area contributed by atoms with Gasteiger partial charge in [0.1, 0.15) is 11.6 Å². The molecule has 3 rings (SSSR count). The Morgan fingerprint density at radius 3 is 2.78 bits per heavy atom. The number of amides is 1. The van der Waals surface area contributed by atoms with Gasteiger partial charge in [0, 0.05) is 35.3 Å². The zero-order valence-corrected chi connectivity index (χ0v) is 11.9. The molecule has 1 aromatic heterocycles. The predicted octanol–water partition coefficient (Wildman–Crippen LogP) is 2.42. The lowest BCUT2D eigenvalue weighted by atomic mass is 10.1. The molecule has 0 radical (unpaired) electrons. The Morgan fingerprint density at radius 2 is 2.00 bits per heavy atom. The highest BCUT2D eigenvalue weighted by atomic mass is 19.1. The summed E-state index contributed by atoms with van der Waals surface area (Å²) in [6.07, 6.45) is 1.56. The van der Waals surface area contributed by atoms with E-state index in [1.807, 2.05) is 0 Å². The largest absolute Gasteiger partial charge is 0.368 e. The van der Waals surface area contributed by atoms with Crippen LogP contribution in [0.15, 0.2) is 42.6 Å². The summed E-state index contributed by atoms with van der Waals surface area (Å²) in [4.78, 5) is 20.1. The molecule has 3 aromatic rings. The standard InChI is InChI=1S/C16H12F2N4O/c17-12-4-3-10(13(18)6-12)7-20-15(23)9-1-2-11-8-21-16(19)22-14(11)5-9/h1-6,8H,7H2,(H,20,23)(H2,19,21,22). The van der Waals surface area contributed by atoms with Crippen LogP contribution in [0.1, 0.15) is 15.9 Å². The van der Waals surface area contributed by atoms with Crippen molar-refractivity contribution in [3.8, 4) is 0 Å². The SMILES string of the molecule is Nc1ncc2ccc(C(=O)NCc3ccc(F)cc3F)cc2n1. The zero-order valence-electron chi connectivity index (χ0n) is 11.9. The molecule has 0 bridgehead atoms. The number of carbonyl (C=O) groups is 1. The van der Waals surface area contributed by atoms with Gasteiger partial charge in [-0.05, 0) is 18.2 Å². The van der Waals surface area contributed by atoms with Crippen LogP contribution < -0.4 is 11.1 Å². The minimum atomic E-state index is -0.704. The van der Waals surface area contributed by atoms with E-state index in [9.17, 15) is 13.6 Å². The number of hydrogen-bond donors (Lipinski definition) is 2. The molecule has 0 aliphatic carbocycles. The van der Waals surface area contributed by atoms with Crippen LogP contribution in [0.3, 0.4) is 0 Å². The summed E-state index contributed by atoms with van der Waals surface area (Å²) >= 11 is 0. The van der Waals surface area contributed by atoms with Crippen molar-refractivity contribution in [1.82, 2.24) is 15.3 Å². The van der Waals surface area contributed by atoms with Crippen LogP contribution in [-0.2, 0) is 6.54 Å². The zero-order chi connectivity index (χ0) is 16.4. The van der Waals surface area contributed by atoms with Crippen molar-refractivity contribution < 1.29 is 13.6 Å². The predicted molar refractivity (Wildman–Crippen MR) is 81.5 cm³/mol. The molecule has 5 nitrogen and oxygen atoms in total. The Morgan fingerprint density at radius 1 is 1.17 bits per heavy atom. The van der Waals surface area contributed by atoms with Crippen molar-refractivity contribution in [3.63, 3.8) is 0 Å². The molecule has 0 aliphatic heterocycles. The quantitative estimate of drug-likeness (QED) is 0.778. The second-order valence-electron chi connectivity index (χ2n) is 4.92. The maximum Gasteiger partial charge on any atom is 0.251 e. The molecule has 23 heavy (non-hydrogen) atoms. The van der Waals surface area contributed by atoms with E-state index in [2.05, 4.69) is 15.3 Å². The Labute approximate surface area is 130 Å². The molecule has 1 amide bonds. The van der Waals surface area contributed by atoms with Crippen LogP contribution in [0.25, 0.3) is 10.9 Å². The number of anilines is 1. The topological polar surface area (TPSA) is 80.9 Å². The number of nitrogen functional groups attached to an aromatic ring is 1. The summed E-state index contributed by atoms with van der Waals surface area (Å²) in [6, 6.07) is 8.08. The molecule has 0 spiro atoms. The average Bonchev–Trinajstić information content (AvgIpc) is 2.53. The second-order valence-corrected chi connectivity index (χ2v) is 4.92. The third-order valence-corrected chi connectivity index (χ3v) is 3.32. The first-order valence-corrected chi connectivity index (χ1v) is 6.77. The van der Waals surface area contributed by atoms with Gasteiger partial charge in [0.25, 0.3) is 5.91 Å². The number of nitrogens with zero attached hydrogens (tertiary/aromatic N) is 2. The lowest BCUT2D eigenvalue weighted by molar-refractivity contribution is 0.0950. The average molecular weight is 314 g/mol. The number of nitrogens with two attached hydrogens (primary N) is 1. The molecular formula is C16H12F2N4O. The van der Waals surface area contributed by atoms with Gasteiger partial charge in [-0.3, -0.25) is 4.79 Å². The van der Waals surface area contributed by atoms with E-state index < -0.39 is 17.5 Å². The van der Waals surface area contributed by atoms with E-state index in [0.29, 0.717) is 11.1 Å². The summed E-state index contributed by atoms with van der Waals surface area (Å²) in [7, 11) is 0. The Kier molecular flexibility index (Phi) is 3.84. The van der Waals surface area contributed by atoms with Gasteiger partial charge in [0.15, 0.2) is 0 Å². The third-order valence-electron chi connectivity index (χ3n) is 3.32. The number of halogens is 2. The van der Waals surface area contributed by atoms with Crippen LogP contribution in [0.4, 0.5) is 14.7 Å². The summed E-state index contributed by atoms with van der Waals surface area (Å²) in [5.74, 6) is -1.65. The minimum Gasteiger partial charge on any atom is -0.368 e. The Balaban J connectivity index is 1.77. The van der Waals surface area contributed by atoms with Gasteiger partial charge < -0.3 is 11.1 Å². The van der Waals surface area contributed by atoms with Gasteiger partial charge in [0.05, 0.1) is 5.52 Å². The van der Waals surface area contributed by atoms with Gasteiger partial charge in [-0.2, -0.15) is 0 Å². The second kappa shape index (κ2) is 5.96. The van der Waals surface area contributed by atoms with Crippen molar-refractivity contribution in [3.05, 3.63) is 65.4 Å². The summed E-state index contributed by atoms with van der Waals surface area (Å²) in [5, 5.41) is 3.33. The van der Waals surface area contributed by atoms with Gasteiger partial charge in [-0.1, -0.05) is 12.1 Å². The molecular weight excluding hydrogens is 302 g/mol. The molecule has 0 atom stereocenters. The van der Waals surface area contributed by atoms with Crippen molar-refractivity contribution >= 4 is 22.8 Å². The lowest BCUT2D eigenvalue weighted by Crippen LogP contribution is -2.23. The van der Waals surface area contributed by atoms with Crippen molar-refractivity contribution in [1.29, 1.82) is 0 Å². The smallest absolute Gasteiger partial charge is 0.251 e. The minimum absolute atomic E-state index is 0.0467. The molecule has 0 saturated carbocycles. The highest BCUT2D eigenvalue weighted by Crippen LogP contribution is 2.14. The maximum absolute atomic E-state index is 13.5. The number of carbonyl (C=O) groups excluding carboxylic acids is 1. The summed E-state index contributed by atoms with van der Waals surface area (Å²) in [5.41, 5.74) is 6.62. The number of nitrogens with one attached hydrogen (secondary N) is 1. The van der Waals surface area contributed by atoms with Crippen LogP contribution in [0, 0.1) is 11.6 Å². The number of hydrogen-bond acceptors (Lipinski definition) is 4. The monoisotopic (exact) mass is 314 g/mol. The van der Waals surface area contributed by atoms with Crippen LogP contribution in [-0.4, -0.2) is 15.9 Å². The first kappa shape index (κ1) is 14.8. The number of aromatic nitrogens is 2. The Bertz CT molecular complexity index is 898. The van der Waals surface area contributed by atoms with E-state index >= 15 is 0 Å². The maximum atomic E-state index is 13.5. The number of rotatable bonds is 3.